The van der Waals surface area contributed by atoms with Crippen LogP contribution in [0.1, 0.15) is 56.8 Å². The van der Waals surface area contributed by atoms with Crippen molar-refractivity contribution in [3.63, 3.8) is 0 Å². The molecule has 0 aliphatic carbocycles. The third-order valence-corrected chi connectivity index (χ3v) is 4.16. The molecular formula is C17H22N2. The van der Waals surface area contributed by atoms with Gasteiger partial charge in [0.15, 0.2) is 0 Å². The van der Waals surface area contributed by atoms with Crippen molar-refractivity contribution in [2.45, 2.75) is 52.0 Å². The molecule has 0 amide bonds. The Morgan fingerprint density at radius 3 is 2.58 bits per heavy atom. The van der Waals surface area contributed by atoms with Gasteiger partial charge in [-0.05, 0) is 24.3 Å². The molecule has 3 rings (SSSR count). The van der Waals surface area contributed by atoms with Gasteiger partial charge in [-0.2, -0.15) is 0 Å². The number of nitrogens with zero attached hydrogens (tertiary/aromatic N) is 2. The van der Waals surface area contributed by atoms with Crippen LogP contribution in [0.5, 0.6) is 0 Å². The summed E-state index contributed by atoms with van der Waals surface area (Å²) in [6.07, 6.45) is 4.76. The van der Waals surface area contributed by atoms with Gasteiger partial charge in [0.1, 0.15) is 5.82 Å². The molecule has 19 heavy (non-hydrogen) atoms. The van der Waals surface area contributed by atoms with Gasteiger partial charge in [0.05, 0.1) is 5.69 Å². The molecule has 1 aromatic heterocycles. The summed E-state index contributed by atoms with van der Waals surface area (Å²) in [5, 5.41) is 0. The highest BCUT2D eigenvalue weighted by Crippen LogP contribution is 2.29. The van der Waals surface area contributed by atoms with Crippen LogP contribution in [0.15, 0.2) is 30.5 Å². The average molecular weight is 254 g/mol. The van der Waals surface area contributed by atoms with Crippen molar-refractivity contribution in [3.8, 4) is 11.3 Å². The van der Waals surface area contributed by atoms with Crippen LogP contribution < -0.4 is 0 Å². The first kappa shape index (κ1) is 12.5. The van der Waals surface area contributed by atoms with Gasteiger partial charge in [0.25, 0.3) is 0 Å². The number of imidazole rings is 1. The van der Waals surface area contributed by atoms with Gasteiger partial charge >= 0.3 is 0 Å². The first-order valence-electron chi connectivity index (χ1n) is 7.32. The SMILES string of the molecule is CC(C)c1ccc(-c2cn3c(n2)C(C)CCC3)cc1. The van der Waals surface area contributed by atoms with E-state index in [0.717, 1.165) is 12.2 Å². The van der Waals surface area contributed by atoms with Crippen molar-refractivity contribution in [1.29, 1.82) is 0 Å². The second-order valence-corrected chi connectivity index (χ2v) is 6.00. The Hall–Kier alpha value is -1.57. The van der Waals surface area contributed by atoms with Crippen LogP contribution in [-0.2, 0) is 6.54 Å². The van der Waals surface area contributed by atoms with E-state index in [2.05, 4.69) is 55.8 Å². The van der Waals surface area contributed by atoms with E-state index in [-0.39, 0.29) is 0 Å². The van der Waals surface area contributed by atoms with Gasteiger partial charge in [-0.25, -0.2) is 4.98 Å². The predicted molar refractivity (Wildman–Crippen MR) is 79.4 cm³/mol. The lowest BCUT2D eigenvalue weighted by atomic mass is 10.0. The van der Waals surface area contributed by atoms with E-state index in [4.69, 9.17) is 4.98 Å². The molecule has 0 bridgehead atoms. The largest absolute Gasteiger partial charge is 0.334 e. The number of hydrogen-bond acceptors (Lipinski definition) is 1. The number of aryl methyl sites for hydroxylation is 1. The molecule has 1 aliphatic rings. The molecule has 100 valence electrons. The monoisotopic (exact) mass is 254 g/mol. The molecule has 1 unspecified atom stereocenters. The Bertz CT molecular complexity index is 563. The van der Waals surface area contributed by atoms with Crippen LogP contribution in [0.2, 0.25) is 0 Å². The zero-order chi connectivity index (χ0) is 13.4. The number of hydrogen-bond donors (Lipinski definition) is 0. The zero-order valence-corrected chi connectivity index (χ0v) is 12.1. The lowest BCUT2D eigenvalue weighted by Gasteiger charge is -2.19. The second-order valence-electron chi connectivity index (χ2n) is 6.00. The van der Waals surface area contributed by atoms with Crippen LogP contribution in [-0.4, -0.2) is 9.55 Å². The summed E-state index contributed by atoms with van der Waals surface area (Å²) >= 11 is 0. The predicted octanol–water partition coefficient (Wildman–Crippen LogP) is 4.57. The summed E-state index contributed by atoms with van der Waals surface area (Å²) in [5.74, 6) is 2.44. The Morgan fingerprint density at radius 2 is 1.95 bits per heavy atom. The molecule has 0 saturated carbocycles. The molecule has 1 atom stereocenters. The van der Waals surface area contributed by atoms with Crippen LogP contribution in [0.4, 0.5) is 0 Å². The molecule has 1 aliphatic heterocycles. The molecule has 1 aromatic carbocycles. The minimum Gasteiger partial charge on any atom is -0.334 e. The van der Waals surface area contributed by atoms with E-state index >= 15 is 0 Å². The fourth-order valence-electron chi connectivity index (χ4n) is 2.88. The van der Waals surface area contributed by atoms with Gasteiger partial charge in [-0.1, -0.05) is 45.0 Å². The van der Waals surface area contributed by atoms with Gasteiger partial charge in [-0.3, -0.25) is 0 Å². The smallest absolute Gasteiger partial charge is 0.112 e. The molecule has 2 heteroatoms. The molecule has 0 radical (unpaired) electrons. The molecule has 0 saturated heterocycles. The van der Waals surface area contributed by atoms with Gasteiger partial charge in [0, 0.05) is 24.2 Å². The van der Waals surface area contributed by atoms with Crippen molar-refractivity contribution >= 4 is 0 Å². The third kappa shape index (κ3) is 2.32. The number of fused-ring (bicyclic) bond motifs is 1. The van der Waals surface area contributed by atoms with E-state index in [1.807, 2.05) is 0 Å². The highest BCUT2D eigenvalue weighted by Gasteiger charge is 2.19. The minimum absolute atomic E-state index is 0.587. The highest BCUT2D eigenvalue weighted by molar-refractivity contribution is 5.59. The molecular weight excluding hydrogens is 232 g/mol. The standard InChI is InChI=1S/C17H22N2/c1-12(2)14-6-8-15(9-7-14)16-11-19-10-4-5-13(3)17(19)18-16/h6-9,11-13H,4-5,10H2,1-3H3. The number of benzene rings is 1. The van der Waals surface area contributed by atoms with Crippen LogP contribution >= 0.6 is 0 Å². The first-order chi connectivity index (χ1) is 9.15. The molecule has 2 aromatic rings. The van der Waals surface area contributed by atoms with Gasteiger partial charge < -0.3 is 4.57 Å². The molecule has 0 fully saturated rings. The third-order valence-electron chi connectivity index (χ3n) is 4.16. The van der Waals surface area contributed by atoms with E-state index < -0.39 is 0 Å². The zero-order valence-electron chi connectivity index (χ0n) is 12.1. The lowest BCUT2D eigenvalue weighted by molar-refractivity contribution is 0.463. The van der Waals surface area contributed by atoms with Crippen molar-refractivity contribution in [3.05, 3.63) is 41.9 Å². The van der Waals surface area contributed by atoms with Crippen LogP contribution in [0.25, 0.3) is 11.3 Å². The Labute approximate surface area is 115 Å². The van der Waals surface area contributed by atoms with Crippen LogP contribution in [0.3, 0.4) is 0 Å². The normalized spacial score (nSPS) is 18.6. The van der Waals surface area contributed by atoms with Crippen LogP contribution in [0, 0.1) is 0 Å². The van der Waals surface area contributed by atoms with Crippen molar-refractivity contribution in [1.82, 2.24) is 9.55 Å². The van der Waals surface area contributed by atoms with E-state index in [9.17, 15) is 0 Å². The Balaban J connectivity index is 1.94. The van der Waals surface area contributed by atoms with E-state index in [1.54, 1.807) is 0 Å². The lowest BCUT2D eigenvalue weighted by Crippen LogP contribution is -2.12. The Kier molecular flexibility index (Phi) is 3.17. The topological polar surface area (TPSA) is 17.8 Å². The Morgan fingerprint density at radius 1 is 1.21 bits per heavy atom. The van der Waals surface area contributed by atoms with Gasteiger partial charge in [0.2, 0.25) is 0 Å². The summed E-state index contributed by atoms with van der Waals surface area (Å²) in [4.78, 5) is 4.84. The molecule has 0 N–H and O–H groups in total. The fourth-order valence-corrected chi connectivity index (χ4v) is 2.88. The molecule has 0 spiro atoms. The number of aromatic nitrogens is 2. The number of rotatable bonds is 2. The summed E-state index contributed by atoms with van der Waals surface area (Å²) in [5.41, 5.74) is 3.75. The van der Waals surface area contributed by atoms with Crippen molar-refractivity contribution in [2.75, 3.05) is 0 Å². The summed E-state index contributed by atoms with van der Waals surface area (Å²) in [7, 11) is 0. The van der Waals surface area contributed by atoms with E-state index in [1.165, 1.54) is 29.8 Å². The quantitative estimate of drug-likeness (QED) is 0.767. The summed E-state index contributed by atoms with van der Waals surface area (Å²) in [6, 6.07) is 8.85. The fraction of sp³-hybridized carbons (Fsp3) is 0.471. The second kappa shape index (κ2) is 4.84. The average Bonchev–Trinajstić information content (AvgIpc) is 2.84. The molecule has 2 heterocycles. The maximum Gasteiger partial charge on any atom is 0.112 e. The maximum absolute atomic E-state index is 4.84. The highest BCUT2D eigenvalue weighted by atomic mass is 15.1. The van der Waals surface area contributed by atoms with Crippen molar-refractivity contribution < 1.29 is 0 Å². The summed E-state index contributed by atoms with van der Waals surface area (Å²) < 4.78 is 2.33. The minimum atomic E-state index is 0.587. The first-order valence-corrected chi connectivity index (χ1v) is 7.32. The molecule has 2 nitrogen and oxygen atoms in total. The van der Waals surface area contributed by atoms with Crippen molar-refractivity contribution in [2.24, 2.45) is 0 Å². The summed E-state index contributed by atoms with van der Waals surface area (Å²) in [6.45, 7) is 7.86. The van der Waals surface area contributed by atoms with E-state index in [0.29, 0.717) is 11.8 Å². The van der Waals surface area contributed by atoms with Gasteiger partial charge in [-0.15, -0.1) is 0 Å². The maximum atomic E-state index is 4.84.